The monoisotopic (exact) mass is 607 g/mol. The summed E-state index contributed by atoms with van der Waals surface area (Å²) in [5, 5.41) is 11.7. The van der Waals surface area contributed by atoms with Crippen LogP contribution in [0.2, 0.25) is 5.02 Å². The quantitative estimate of drug-likeness (QED) is 0.283. The lowest BCUT2D eigenvalue weighted by Gasteiger charge is -2.42. The maximum Gasteiger partial charge on any atom is 0.238 e. The van der Waals surface area contributed by atoms with E-state index < -0.39 is 23.7 Å². The van der Waals surface area contributed by atoms with Gasteiger partial charge in [-0.3, -0.25) is 24.1 Å². The molecule has 198 valence electrons. The number of phenolic OH excluding ortho intramolecular Hbond substituents is 1. The van der Waals surface area contributed by atoms with E-state index in [1.165, 1.54) is 18.1 Å². The number of ether oxygens (including phenoxy) is 1. The molecule has 1 N–H and O–H groups in total. The third-order valence-electron chi connectivity index (χ3n) is 8.25. The normalized spacial score (nSPS) is 26.2. The third-order valence-corrected chi connectivity index (χ3v) is 8.96. The number of halogens is 2. The van der Waals surface area contributed by atoms with Crippen LogP contribution >= 0.6 is 27.5 Å². The van der Waals surface area contributed by atoms with Crippen molar-refractivity contribution in [3.05, 3.63) is 85.9 Å². The molecule has 7 nitrogen and oxygen atoms in total. The van der Waals surface area contributed by atoms with E-state index in [9.17, 15) is 24.3 Å². The molecule has 0 bridgehead atoms. The van der Waals surface area contributed by atoms with Crippen LogP contribution in [0.3, 0.4) is 0 Å². The summed E-state index contributed by atoms with van der Waals surface area (Å²) in [6, 6.07) is 9.84. The van der Waals surface area contributed by atoms with Gasteiger partial charge < -0.3 is 9.84 Å². The molecule has 4 unspecified atom stereocenters. The zero-order valence-corrected chi connectivity index (χ0v) is 23.4. The molecule has 4 atom stereocenters. The van der Waals surface area contributed by atoms with Gasteiger partial charge in [-0.2, -0.15) is 0 Å². The highest BCUT2D eigenvalue weighted by atomic mass is 79.9. The molecule has 1 heterocycles. The van der Waals surface area contributed by atoms with Gasteiger partial charge in [0.1, 0.15) is 0 Å². The molecule has 3 aliphatic carbocycles. The summed E-state index contributed by atoms with van der Waals surface area (Å²) in [6.07, 6.45) is 3.70. The van der Waals surface area contributed by atoms with Crippen LogP contribution in [0.1, 0.15) is 31.2 Å². The Morgan fingerprint density at radius 3 is 2.46 bits per heavy atom. The molecule has 4 aliphatic rings. The van der Waals surface area contributed by atoms with Crippen molar-refractivity contribution < 1.29 is 29.0 Å². The second kappa shape index (κ2) is 9.31. The molecule has 2 amide bonds. The maximum atomic E-state index is 13.9. The minimum Gasteiger partial charge on any atom is -0.504 e. The zero-order valence-electron chi connectivity index (χ0n) is 21.0. The van der Waals surface area contributed by atoms with E-state index in [4.69, 9.17) is 16.3 Å². The van der Waals surface area contributed by atoms with Gasteiger partial charge in [0.15, 0.2) is 23.1 Å². The standard InChI is InChI=1S/C30H23BrClNO6/c1-13-9-22(34)26-21(27(13)35)12-19-17(24(26)20-10-14(31)11-23(39-2)28(20)36)7-8-18-25(19)30(38)33(29(18)37)16-5-3-15(32)4-6-16/h3-7,9-11,18-19,24-25,36H,8,12H2,1-2H3. The van der Waals surface area contributed by atoms with Crippen molar-refractivity contribution >= 4 is 56.6 Å². The predicted octanol–water partition coefficient (Wildman–Crippen LogP) is 5.45. The van der Waals surface area contributed by atoms with Crippen LogP contribution in [0, 0.1) is 17.8 Å². The molecule has 6 rings (SSSR count). The Hall–Kier alpha value is -3.49. The number of carbonyl (C=O) groups excluding carboxylic acids is 4. The predicted molar refractivity (Wildman–Crippen MR) is 148 cm³/mol. The van der Waals surface area contributed by atoms with Crippen LogP contribution in [0.25, 0.3) is 0 Å². The van der Waals surface area contributed by atoms with E-state index in [0.717, 1.165) is 5.57 Å². The Morgan fingerprint density at radius 2 is 1.77 bits per heavy atom. The number of carbonyl (C=O) groups is 4. The Bertz CT molecular complexity index is 1590. The number of fused-ring (bicyclic) bond motifs is 3. The highest BCUT2D eigenvalue weighted by Crippen LogP contribution is 2.57. The number of methoxy groups -OCH3 is 1. The number of Topliss-reactive ketones (excluding diaryl/α,β-unsaturated/α-hetero) is 1. The Balaban J connectivity index is 1.52. The summed E-state index contributed by atoms with van der Waals surface area (Å²) in [4.78, 5) is 55.5. The Morgan fingerprint density at radius 1 is 1.05 bits per heavy atom. The number of ketones is 2. The lowest BCUT2D eigenvalue weighted by molar-refractivity contribution is -0.123. The first-order valence-electron chi connectivity index (χ1n) is 12.5. The highest BCUT2D eigenvalue weighted by Gasteiger charge is 2.56. The number of allylic oxidation sites excluding steroid dienone is 6. The molecule has 1 saturated heterocycles. The number of amides is 2. The molecule has 9 heteroatoms. The number of hydrogen-bond acceptors (Lipinski definition) is 6. The van der Waals surface area contributed by atoms with Gasteiger partial charge in [-0.05, 0) is 68.2 Å². The van der Waals surface area contributed by atoms with E-state index in [0.29, 0.717) is 43.9 Å². The SMILES string of the molecule is COc1cc(Br)cc(C2C3=CCC4C(=O)N(c5ccc(Cl)cc5)C(=O)C4C3CC3=C2C(=O)C=C(C)C3=O)c1O. The molecule has 39 heavy (non-hydrogen) atoms. The highest BCUT2D eigenvalue weighted by molar-refractivity contribution is 9.10. The molecule has 0 radical (unpaired) electrons. The average Bonchev–Trinajstić information content (AvgIpc) is 3.17. The lowest BCUT2D eigenvalue weighted by atomic mass is 9.59. The van der Waals surface area contributed by atoms with Crippen molar-refractivity contribution in [3.8, 4) is 11.5 Å². The molecular weight excluding hydrogens is 586 g/mol. The van der Waals surface area contributed by atoms with Gasteiger partial charge in [-0.1, -0.05) is 39.2 Å². The van der Waals surface area contributed by atoms with Crippen LogP contribution < -0.4 is 9.64 Å². The zero-order chi connectivity index (χ0) is 27.7. The third kappa shape index (κ3) is 3.84. The van der Waals surface area contributed by atoms with Crippen molar-refractivity contribution in [1.29, 1.82) is 0 Å². The number of benzene rings is 2. The minimum atomic E-state index is -0.778. The van der Waals surface area contributed by atoms with E-state index in [-0.39, 0.29) is 41.3 Å². The first-order valence-corrected chi connectivity index (χ1v) is 13.7. The number of rotatable bonds is 3. The molecular formula is C30H23BrClNO6. The van der Waals surface area contributed by atoms with E-state index in [1.807, 2.05) is 6.08 Å². The van der Waals surface area contributed by atoms with Crippen molar-refractivity contribution in [2.45, 2.75) is 25.7 Å². The summed E-state index contributed by atoms with van der Waals surface area (Å²) < 4.78 is 5.99. The fourth-order valence-electron chi connectivity index (χ4n) is 6.55. The number of nitrogens with zero attached hydrogens (tertiary/aromatic N) is 1. The van der Waals surface area contributed by atoms with Crippen molar-refractivity contribution in [2.75, 3.05) is 12.0 Å². The van der Waals surface area contributed by atoms with E-state index >= 15 is 0 Å². The largest absolute Gasteiger partial charge is 0.504 e. The summed E-state index contributed by atoms with van der Waals surface area (Å²) in [5.41, 5.74) is 2.53. The summed E-state index contributed by atoms with van der Waals surface area (Å²) in [7, 11) is 1.43. The van der Waals surface area contributed by atoms with Gasteiger partial charge in [0.05, 0.1) is 24.6 Å². The first-order chi connectivity index (χ1) is 18.6. The van der Waals surface area contributed by atoms with E-state index in [1.54, 1.807) is 43.3 Å². The number of anilines is 1. The molecule has 0 saturated carbocycles. The maximum absolute atomic E-state index is 13.9. The van der Waals surface area contributed by atoms with Crippen molar-refractivity contribution in [2.24, 2.45) is 17.8 Å². The minimum absolute atomic E-state index is 0.149. The van der Waals surface area contributed by atoms with Crippen LogP contribution in [0.5, 0.6) is 11.5 Å². The number of imide groups is 1. The number of aromatic hydroxyl groups is 1. The van der Waals surface area contributed by atoms with Crippen molar-refractivity contribution in [3.63, 3.8) is 0 Å². The average molecular weight is 609 g/mol. The van der Waals surface area contributed by atoms with Gasteiger partial charge in [0, 0.05) is 37.7 Å². The van der Waals surface area contributed by atoms with Gasteiger partial charge in [0.2, 0.25) is 11.8 Å². The topological polar surface area (TPSA) is 101 Å². The van der Waals surface area contributed by atoms with Gasteiger partial charge in [-0.25, -0.2) is 0 Å². The number of hydrogen-bond donors (Lipinski definition) is 1. The second-order valence-corrected chi connectivity index (χ2v) is 11.6. The van der Waals surface area contributed by atoms with Gasteiger partial charge >= 0.3 is 0 Å². The smallest absolute Gasteiger partial charge is 0.238 e. The first kappa shape index (κ1) is 25.8. The number of phenols is 1. The summed E-state index contributed by atoms with van der Waals surface area (Å²) in [6.45, 7) is 1.60. The fraction of sp³-hybridized carbons (Fsp3) is 0.267. The summed E-state index contributed by atoms with van der Waals surface area (Å²) >= 11 is 9.49. The van der Waals surface area contributed by atoms with Crippen molar-refractivity contribution in [1.82, 2.24) is 0 Å². The fourth-order valence-corrected chi connectivity index (χ4v) is 7.13. The molecule has 0 spiro atoms. The molecule has 1 aliphatic heterocycles. The molecule has 1 fully saturated rings. The van der Waals surface area contributed by atoms with Crippen LogP contribution in [0.4, 0.5) is 5.69 Å². The molecule has 0 aromatic heterocycles. The second-order valence-electron chi connectivity index (χ2n) is 10.3. The Kier molecular flexibility index (Phi) is 6.15. The van der Waals surface area contributed by atoms with Gasteiger partial charge in [-0.15, -0.1) is 0 Å². The molecule has 2 aromatic carbocycles. The van der Waals surface area contributed by atoms with Crippen LogP contribution in [-0.4, -0.2) is 35.6 Å². The molecule has 2 aromatic rings. The summed E-state index contributed by atoms with van der Waals surface area (Å²) in [5.74, 6) is -3.74. The van der Waals surface area contributed by atoms with Crippen LogP contribution in [0.15, 0.2) is 75.3 Å². The van der Waals surface area contributed by atoms with Crippen LogP contribution in [-0.2, 0) is 19.2 Å². The Labute approximate surface area is 237 Å². The van der Waals surface area contributed by atoms with Gasteiger partial charge in [0.25, 0.3) is 0 Å². The lowest BCUT2D eigenvalue weighted by Crippen LogP contribution is -2.39. The van der Waals surface area contributed by atoms with E-state index in [2.05, 4.69) is 15.9 Å².